The highest BCUT2D eigenvalue weighted by molar-refractivity contribution is 5.82. The summed E-state index contributed by atoms with van der Waals surface area (Å²) in [6, 6.07) is 8.00. The van der Waals surface area contributed by atoms with E-state index in [0.29, 0.717) is 17.5 Å². The number of nitrogens with zero attached hydrogens (tertiary/aromatic N) is 2. The van der Waals surface area contributed by atoms with E-state index in [0.717, 1.165) is 36.9 Å². The summed E-state index contributed by atoms with van der Waals surface area (Å²) in [4.78, 5) is 0. The molecule has 2 heterocycles. The molecule has 0 amide bonds. The second kappa shape index (κ2) is 6.10. The Morgan fingerprint density at radius 2 is 2.00 bits per heavy atom. The van der Waals surface area contributed by atoms with E-state index in [2.05, 4.69) is 35.4 Å². The van der Waals surface area contributed by atoms with Crippen molar-refractivity contribution in [1.82, 2.24) is 15.5 Å². The molecule has 0 saturated heterocycles. The van der Waals surface area contributed by atoms with Crippen LogP contribution in [0.1, 0.15) is 24.8 Å². The Kier molecular flexibility index (Phi) is 4.01. The Morgan fingerprint density at radius 3 is 2.86 bits per heavy atom. The number of aryl methyl sites for hydroxylation is 1. The lowest BCUT2D eigenvalue weighted by atomic mass is 10.2. The van der Waals surface area contributed by atoms with Crippen molar-refractivity contribution >= 4 is 11.0 Å². The molecule has 0 atom stereocenters. The van der Waals surface area contributed by atoms with Crippen molar-refractivity contribution in [3.8, 4) is 11.7 Å². The Labute approximate surface area is 123 Å². The molecule has 110 valence electrons. The summed E-state index contributed by atoms with van der Waals surface area (Å²) in [6.07, 6.45) is 1.85. The molecule has 2 aromatic heterocycles. The maximum absolute atomic E-state index is 5.75. The third-order valence-corrected chi connectivity index (χ3v) is 3.29. The van der Waals surface area contributed by atoms with Crippen LogP contribution >= 0.6 is 0 Å². The number of fused-ring (bicyclic) bond motifs is 1. The summed E-state index contributed by atoms with van der Waals surface area (Å²) in [6.45, 7) is 6.04. The molecule has 0 bridgehead atoms. The van der Waals surface area contributed by atoms with Gasteiger partial charge < -0.3 is 14.2 Å². The van der Waals surface area contributed by atoms with Crippen molar-refractivity contribution in [1.29, 1.82) is 0 Å². The number of aromatic nitrogens is 2. The molecular formula is C16H19N3O2. The first kappa shape index (κ1) is 13.8. The Bertz CT molecular complexity index is 730. The average molecular weight is 285 g/mol. The topological polar surface area (TPSA) is 64.1 Å². The normalized spacial score (nSPS) is 11.3. The van der Waals surface area contributed by atoms with Crippen molar-refractivity contribution < 1.29 is 8.83 Å². The second-order valence-electron chi connectivity index (χ2n) is 5.15. The molecule has 3 aromatic rings. The van der Waals surface area contributed by atoms with Gasteiger partial charge >= 0.3 is 0 Å². The van der Waals surface area contributed by atoms with E-state index in [1.165, 1.54) is 5.56 Å². The lowest BCUT2D eigenvalue weighted by Gasteiger charge is -1.98. The predicted octanol–water partition coefficient (Wildman–Crippen LogP) is 3.33. The molecule has 0 aliphatic heterocycles. The number of hydrogen-bond donors (Lipinski definition) is 1. The summed E-state index contributed by atoms with van der Waals surface area (Å²) in [5.74, 6) is 1.69. The van der Waals surface area contributed by atoms with Gasteiger partial charge in [-0.25, -0.2) is 0 Å². The van der Waals surface area contributed by atoms with E-state index in [9.17, 15) is 0 Å². The molecule has 21 heavy (non-hydrogen) atoms. The van der Waals surface area contributed by atoms with E-state index in [1.807, 2.05) is 18.2 Å². The van der Waals surface area contributed by atoms with Gasteiger partial charge in [0.1, 0.15) is 5.58 Å². The van der Waals surface area contributed by atoms with Crippen LogP contribution < -0.4 is 5.32 Å². The second-order valence-corrected chi connectivity index (χ2v) is 5.15. The quantitative estimate of drug-likeness (QED) is 0.704. The molecule has 0 saturated carbocycles. The van der Waals surface area contributed by atoms with Gasteiger partial charge in [-0.3, -0.25) is 0 Å². The fraction of sp³-hybridized carbons (Fsp3) is 0.375. The zero-order valence-corrected chi connectivity index (χ0v) is 12.3. The highest BCUT2D eigenvalue weighted by Gasteiger charge is 2.13. The van der Waals surface area contributed by atoms with Crippen molar-refractivity contribution in [3.63, 3.8) is 0 Å². The van der Waals surface area contributed by atoms with E-state index < -0.39 is 0 Å². The van der Waals surface area contributed by atoms with Gasteiger partial charge in [0.2, 0.25) is 5.89 Å². The first-order chi connectivity index (χ1) is 10.3. The molecule has 3 rings (SSSR count). The molecule has 5 nitrogen and oxygen atoms in total. The van der Waals surface area contributed by atoms with Gasteiger partial charge in [-0.1, -0.05) is 18.6 Å². The molecule has 0 spiro atoms. The van der Waals surface area contributed by atoms with Crippen molar-refractivity contribution in [2.75, 3.05) is 13.1 Å². The summed E-state index contributed by atoms with van der Waals surface area (Å²) >= 11 is 0. The molecule has 0 aliphatic carbocycles. The largest absolute Gasteiger partial charge is 0.451 e. The number of benzene rings is 1. The molecule has 5 heteroatoms. The molecular weight excluding hydrogens is 266 g/mol. The van der Waals surface area contributed by atoms with Gasteiger partial charge in [-0.15, -0.1) is 10.2 Å². The zero-order chi connectivity index (χ0) is 14.7. The standard InChI is InChI=1S/C16H19N3O2/c1-3-7-17-8-6-15-18-19-16(21-15)14-10-12-9-11(2)4-5-13(12)20-14/h4-5,9-10,17H,3,6-8H2,1-2H3. The summed E-state index contributed by atoms with van der Waals surface area (Å²) < 4.78 is 11.4. The summed E-state index contributed by atoms with van der Waals surface area (Å²) in [5.41, 5.74) is 2.03. The van der Waals surface area contributed by atoms with Gasteiger partial charge in [-0.05, 0) is 38.1 Å². The van der Waals surface area contributed by atoms with Crippen LogP contribution in [0.5, 0.6) is 0 Å². The van der Waals surface area contributed by atoms with E-state index in [1.54, 1.807) is 0 Å². The Hall–Kier alpha value is -2.14. The van der Waals surface area contributed by atoms with Crippen LogP contribution in [0.3, 0.4) is 0 Å². The maximum atomic E-state index is 5.75. The van der Waals surface area contributed by atoms with Crippen LogP contribution in [-0.2, 0) is 6.42 Å². The minimum atomic E-state index is 0.439. The van der Waals surface area contributed by atoms with Crippen LogP contribution in [0.2, 0.25) is 0 Å². The molecule has 0 unspecified atom stereocenters. The first-order valence-corrected chi connectivity index (χ1v) is 7.30. The monoisotopic (exact) mass is 285 g/mol. The van der Waals surface area contributed by atoms with Gasteiger partial charge in [0.05, 0.1) is 0 Å². The molecule has 1 aromatic carbocycles. The van der Waals surface area contributed by atoms with Crippen LogP contribution in [0.25, 0.3) is 22.6 Å². The third kappa shape index (κ3) is 3.13. The summed E-state index contributed by atoms with van der Waals surface area (Å²) in [5, 5.41) is 12.5. The maximum Gasteiger partial charge on any atom is 0.283 e. The van der Waals surface area contributed by atoms with Gasteiger partial charge in [0, 0.05) is 18.4 Å². The van der Waals surface area contributed by atoms with Gasteiger partial charge in [0.15, 0.2) is 5.76 Å². The van der Waals surface area contributed by atoms with Crippen LogP contribution in [-0.4, -0.2) is 23.3 Å². The fourth-order valence-corrected chi connectivity index (χ4v) is 2.22. The molecule has 0 radical (unpaired) electrons. The zero-order valence-electron chi connectivity index (χ0n) is 12.3. The van der Waals surface area contributed by atoms with E-state index >= 15 is 0 Å². The van der Waals surface area contributed by atoms with Crippen molar-refractivity contribution in [2.24, 2.45) is 0 Å². The average Bonchev–Trinajstić information content (AvgIpc) is 3.09. The SMILES string of the molecule is CCCNCCc1nnc(-c2cc3cc(C)ccc3o2)o1. The fourth-order valence-electron chi connectivity index (χ4n) is 2.22. The minimum Gasteiger partial charge on any atom is -0.451 e. The minimum absolute atomic E-state index is 0.439. The molecule has 0 aliphatic rings. The number of furan rings is 1. The molecule has 1 N–H and O–H groups in total. The van der Waals surface area contributed by atoms with Crippen molar-refractivity contribution in [2.45, 2.75) is 26.7 Å². The van der Waals surface area contributed by atoms with Crippen LogP contribution in [0.4, 0.5) is 0 Å². The first-order valence-electron chi connectivity index (χ1n) is 7.30. The lowest BCUT2D eigenvalue weighted by molar-refractivity contribution is 0.479. The number of hydrogen-bond acceptors (Lipinski definition) is 5. The van der Waals surface area contributed by atoms with Crippen LogP contribution in [0.15, 0.2) is 33.1 Å². The lowest BCUT2D eigenvalue weighted by Crippen LogP contribution is -2.17. The summed E-state index contributed by atoms with van der Waals surface area (Å²) in [7, 11) is 0. The van der Waals surface area contributed by atoms with Gasteiger partial charge in [-0.2, -0.15) is 0 Å². The van der Waals surface area contributed by atoms with Crippen molar-refractivity contribution in [3.05, 3.63) is 35.7 Å². The predicted molar refractivity (Wildman–Crippen MR) is 81.1 cm³/mol. The molecule has 0 fully saturated rings. The Balaban J connectivity index is 1.75. The van der Waals surface area contributed by atoms with Crippen LogP contribution in [0, 0.1) is 6.92 Å². The van der Waals surface area contributed by atoms with Gasteiger partial charge in [0.25, 0.3) is 5.89 Å². The van der Waals surface area contributed by atoms with E-state index in [-0.39, 0.29) is 0 Å². The third-order valence-electron chi connectivity index (χ3n) is 3.29. The number of nitrogens with one attached hydrogen (secondary N) is 1. The number of rotatable bonds is 6. The Morgan fingerprint density at radius 1 is 1.10 bits per heavy atom. The smallest absolute Gasteiger partial charge is 0.283 e. The highest BCUT2D eigenvalue weighted by Crippen LogP contribution is 2.27. The van der Waals surface area contributed by atoms with E-state index in [4.69, 9.17) is 8.83 Å². The highest BCUT2D eigenvalue weighted by atomic mass is 16.4.